The van der Waals surface area contributed by atoms with Crippen LogP contribution in [0.5, 0.6) is 0 Å². The third-order valence-corrected chi connectivity index (χ3v) is 3.80. The van der Waals surface area contributed by atoms with Gasteiger partial charge in [0.05, 0.1) is 0 Å². The highest BCUT2D eigenvalue weighted by molar-refractivity contribution is 7.99. The van der Waals surface area contributed by atoms with E-state index in [4.69, 9.17) is 5.73 Å². The Bertz CT molecular complexity index is 365. The van der Waals surface area contributed by atoms with Crippen molar-refractivity contribution in [2.45, 2.75) is 36.2 Å². The summed E-state index contributed by atoms with van der Waals surface area (Å²) in [5.74, 6) is 0.871. The summed E-state index contributed by atoms with van der Waals surface area (Å²) < 4.78 is 0. The van der Waals surface area contributed by atoms with E-state index < -0.39 is 0 Å². The van der Waals surface area contributed by atoms with Crippen molar-refractivity contribution in [1.82, 2.24) is 5.32 Å². The van der Waals surface area contributed by atoms with Gasteiger partial charge in [0, 0.05) is 29.2 Å². The molecule has 1 amide bonds. The number of carbonyl (C=O) groups is 1. The molecule has 0 spiro atoms. The Labute approximate surface area is 106 Å². The summed E-state index contributed by atoms with van der Waals surface area (Å²) in [6.07, 6.45) is 2.68. The van der Waals surface area contributed by atoms with E-state index in [-0.39, 0.29) is 11.9 Å². The van der Waals surface area contributed by atoms with Crippen molar-refractivity contribution in [1.29, 1.82) is 0 Å². The van der Waals surface area contributed by atoms with Gasteiger partial charge in [-0.25, -0.2) is 0 Å². The van der Waals surface area contributed by atoms with Crippen LogP contribution >= 0.6 is 11.8 Å². The molecular formula is C13H18N2OS. The zero-order valence-electron chi connectivity index (χ0n) is 9.76. The Kier molecular flexibility index (Phi) is 4.45. The summed E-state index contributed by atoms with van der Waals surface area (Å²) in [5, 5.41) is 2.95. The van der Waals surface area contributed by atoms with E-state index in [9.17, 15) is 4.79 Å². The van der Waals surface area contributed by atoms with Gasteiger partial charge in [-0.3, -0.25) is 4.79 Å². The quantitative estimate of drug-likeness (QED) is 0.757. The Morgan fingerprint density at radius 1 is 1.41 bits per heavy atom. The smallest absolute Gasteiger partial charge is 0.221 e. The van der Waals surface area contributed by atoms with Gasteiger partial charge in [-0.1, -0.05) is 18.2 Å². The number of thioether (sulfide) groups is 1. The Hall–Kier alpha value is -1.00. The van der Waals surface area contributed by atoms with Gasteiger partial charge in [0.2, 0.25) is 5.91 Å². The molecule has 0 aliphatic heterocycles. The average molecular weight is 250 g/mol. The number of nitrogens with one attached hydrogen (secondary N) is 1. The molecule has 17 heavy (non-hydrogen) atoms. The number of rotatable bonds is 6. The monoisotopic (exact) mass is 250 g/mol. The van der Waals surface area contributed by atoms with E-state index in [0.29, 0.717) is 12.5 Å². The van der Waals surface area contributed by atoms with Gasteiger partial charge < -0.3 is 11.1 Å². The first-order valence-corrected chi connectivity index (χ1v) is 6.95. The van der Waals surface area contributed by atoms with Crippen molar-refractivity contribution in [3.05, 3.63) is 30.3 Å². The Morgan fingerprint density at radius 3 is 2.76 bits per heavy atom. The van der Waals surface area contributed by atoms with Gasteiger partial charge in [-0.05, 0) is 25.0 Å². The number of benzene rings is 1. The minimum absolute atomic E-state index is 0.0704. The molecule has 1 saturated carbocycles. The van der Waals surface area contributed by atoms with E-state index >= 15 is 0 Å². The van der Waals surface area contributed by atoms with Gasteiger partial charge in [0.15, 0.2) is 0 Å². The minimum atomic E-state index is -0.0704. The van der Waals surface area contributed by atoms with Crippen molar-refractivity contribution in [3.8, 4) is 0 Å². The first kappa shape index (κ1) is 12.5. The largest absolute Gasteiger partial charge is 0.353 e. The predicted octanol–water partition coefficient (Wildman–Crippen LogP) is 1.77. The van der Waals surface area contributed by atoms with Gasteiger partial charge in [-0.15, -0.1) is 11.8 Å². The topological polar surface area (TPSA) is 55.1 Å². The molecular weight excluding hydrogens is 232 g/mol. The molecule has 3 N–H and O–H groups in total. The van der Waals surface area contributed by atoms with Gasteiger partial charge in [-0.2, -0.15) is 0 Å². The predicted molar refractivity (Wildman–Crippen MR) is 70.9 cm³/mol. The van der Waals surface area contributed by atoms with Crippen LogP contribution in [0.2, 0.25) is 0 Å². The number of carbonyl (C=O) groups excluding carboxylic acids is 1. The van der Waals surface area contributed by atoms with E-state index in [1.807, 2.05) is 18.2 Å². The maximum Gasteiger partial charge on any atom is 0.221 e. The summed E-state index contributed by atoms with van der Waals surface area (Å²) in [5.41, 5.74) is 5.94. The lowest BCUT2D eigenvalue weighted by Crippen LogP contribution is -2.34. The second-order valence-electron chi connectivity index (χ2n) is 4.43. The van der Waals surface area contributed by atoms with Crippen LogP contribution in [0.1, 0.15) is 19.3 Å². The van der Waals surface area contributed by atoms with Crippen molar-refractivity contribution in [2.24, 2.45) is 5.73 Å². The third-order valence-electron chi connectivity index (χ3n) is 2.60. The van der Waals surface area contributed by atoms with Crippen LogP contribution in [-0.4, -0.2) is 23.7 Å². The molecule has 1 aliphatic rings. The van der Waals surface area contributed by atoms with Crippen molar-refractivity contribution in [3.63, 3.8) is 0 Å². The minimum Gasteiger partial charge on any atom is -0.353 e. The molecule has 1 aromatic rings. The lowest BCUT2D eigenvalue weighted by Gasteiger charge is -2.11. The molecule has 4 heteroatoms. The van der Waals surface area contributed by atoms with Crippen LogP contribution in [0, 0.1) is 0 Å². The normalized spacial score (nSPS) is 16.5. The molecule has 92 valence electrons. The molecule has 0 heterocycles. The average Bonchev–Trinajstić information content (AvgIpc) is 3.11. The van der Waals surface area contributed by atoms with Crippen LogP contribution < -0.4 is 11.1 Å². The van der Waals surface area contributed by atoms with Gasteiger partial charge in [0.1, 0.15) is 0 Å². The number of hydrogen-bond acceptors (Lipinski definition) is 3. The van der Waals surface area contributed by atoms with Crippen molar-refractivity contribution < 1.29 is 4.79 Å². The molecule has 0 aromatic heterocycles. The van der Waals surface area contributed by atoms with Crippen molar-refractivity contribution in [2.75, 3.05) is 5.75 Å². The summed E-state index contributed by atoms with van der Waals surface area (Å²) >= 11 is 1.70. The Balaban J connectivity index is 1.66. The third kappa shape index (κ3) is 4.79. The number of nitrogens with two attached hydrogens (primary N) is 1. The maximum absolute atomic E-state index is 11.5. The molecule has 2 rings (SSSR count). The molecule has 1 atom stereocenters. The fourth-order valence-corrected chi connectivity index (χ4v) is 2.41. The fraction of sp³-hybridized carbons (Fsp3) is 0.462. The van der Waals surface area contributed by atoms with E-state index in [0.717, 1.165) is 18.6 Å². The molecule has 0 bridgehead atoms. The lowest BCUT2D eigenvalue weighted by atomic mass is 10.2. The summed E-state index contributed by atoms with van der Waals surface area (Å²) in [7, 11) is 0. The summed E-state index contributed by atoms with van der Waals surface area (Å²) in [4.78, 5) is 12.7. The number of hydrogen-bond donors (Lipinski definition) is 2. The van der Waals surface area contributed by atoms with Crippen molar-refractivity contribution >= 4 is 17.7 Å². The van der Waals surface area contributed by atoms with Crippen LogP contribution in [0.15, 0.2) is 35.2 Å². The van der Waals surface area contributed by atoms with Gasteiger partial charge >= 0.3 is 0 Å². The van der Waals surface area contributed by atoms with E-state index in [1.165, 1.54) is 4.90 Å². The zero-order chi connectivity index (χ0) is 12.1. The van der Waals surface area contributed by atoms with Crippen LogP contribution in [0.3, 0.4) is 0 Å². The maximum atomic E-state index is 11.5. The van der Waals surface area contributed by atoms with E-state index in [1.54, 1.807) is 11.8 Å². The molecule has 1 fully saturated rings. The van der Waals surface area contributed by atoms with Gasteiger partial charge in [0.25, 0.3) is 0 Å². The molecule has 0 unspecified atom stereocenters. The Morgan fingerprint density at radius 2 is 2.12 bits per heavy atom. The highest BCUT2D eigenvalue weighted by Crippen LogP contribution is 2.20. The molecule has 1 aromatic carbocycles. The second kappa shape index (κ2) is 6.07. The first-order chi connectivity index (χ1) is 8.24. The highest BCUT2D eigenvalue weighted by atomic mass is 32.2. The summed E-state index contributed by atoms with van der Waals surface area (Å²) in [6.45, 7) is 0. The summed E-state index contributed by atoms with van der Waals surface area (Å²) in [6, 6.07) is 10.5. The second-order valence-corrected chi connectivity index (χ2v) is 5.52. The lowest BCUT2D eigenvalue weighted by molar-refractivity contribution is -0.121. The van der Waals surface area contributed by atoms with Crippen LogP contribution in [-0.2, 0) is 4.79 Å². The fourth-order valence-electron chi connectivity index (χ4n) is 1.53. The van der Waals surface area contributed by atoms with Crippen LogP contribution in [0.4, 0.5) is 0 Å². The standard InChI is InChI=1S/C13H18N2OS/c14-10(8-13(16)15-11-6-7-11)9-17-12-4-2-1-3-5-12/h1-5,10-11H,6-9,14H2,(H,15,16)/t10-/m1/s1. The molecule has 0 radical (unpaired) electrons. The number of amides is 1. The first-order valence-electron chi connectivity index (χ1n) is 5.97. The zero-order valence-corrected chi connectivity index (χ0v) is 10.6. The molecule has 3 nitrogen and oxygen atoms in total. The molecule has 0 saturated heterocycles. The highest BCUT2D eigenvalue weighted by Gasteiger charge is 2.23. The van der Waals surface area contributed by atoms with E-state index in [2.05, 4.69) is 17.4 Å². The molecule has 1 aliphatic carbocycles. The van der Waals surface area contributed by atoms with Crippen LogP contribution in [0.25, 0.3) is 0 Å². The SMILES string of the molecule is N[C@@H](CSc1ccccc1)CC(=O)NC1CC1.